The maximum Gasteiger partial charge on any atom is 0.333 e. The molecule has 0 fully saturated rings. The summed E-state index contributed by atoms with van der Waals surface area (Å²) in [4.78, 5) is 12.8. The van der Waals surface area contributed by atoms with Crippen LogP contribution in [0, 0.1) is 17.1 Å². The van der Waals surface area contributed by atoms with Crippen molar-refractivity contribution in [3.8, 4) is 28.5 Å². The first-order valence-electron chi connectivity index (χ1n) is 14.0. The molecule has 1 aliphatic rings. The molecule has 45 heavy (non-hydrogen) atoms. The number of halogens is 4. The van der Waals surface area contributed by atoms with E-state index in [2.05, 4.69) is 6.07 Å². The Bertz CT molecular complexity index is 2060. The molecule has 224 valence electrons. The number of esters is 1. The second kappa shape index (κ2) is 12.7. The summed E-state index contributed by atoms with van der Waals surface area (Å²) in [6, 6.07) is 27.7. The number of hydrogen-bond donors (Lipinski definition) is 0. The predicted molar refractivity (Wildman–Crippen MR) is 172 cm³/mol. The molecule has 0 radical (unpaired) electrons. The van der Waals surface area contributed by atoms with Gasteiger partial charge in [0.05, 0.1) is 30.0 Å². The van der Waals surface area contributed by atoms with E-state index in [9.17, 15) is 23.2 Å². The minimum absolute atomic E-state index is 0.0808. The van der Waals surface area contributed by atoms with Crippen molar-refractivity contribution >= 4 is 46.0 Å². The van der Waals surface area contributed by atoms with E-state index in [0.717, 1.165) is 28.0 Å². The number of allylic oxidation sites excluding steroid dienone is 3. The number of fused-ring (bicyclic) bond motifs is 1. The minimum Gasteiger partial charge on any atom is -0.466 e. The van der Waals surface area contributed by atoms with Crippen LogP contribution in [0.1, 0.15) is 36.0 Å². The first-order valence-corrected chi connectivity index (χ1v) is 15.1. The van der Waals surface area contributed by atoms with Crippen LogP contribution < -0.4 is 0 Å². The molecule has 9 heteroatoms. The Morgan fingerprint density at radius 2 is 1.69 bits per heavy atom. The number of carbonyl (C=O) groups is 1. The highest BCUT2D eigenvalue weighted by Gasteiger charge is 2.24. The van der Waals surface area contributed by atoms with Crippen LogP contribution in [0.2, 0.25) is 0 Å². The van der Waals surface area contributed by atoms with Gasteiger partial charge in [-0.2, -0.15) is 5.26 Å². The summed E-state index contributed by atoms with van der Waals surface area (Å²) >= 11 is 8.01. The van der Waals surface area contributed by atoms with Crippen molar-refractivity contribution in [3.63, 3.8) is 0 Å². The Kier molecular flexibility index (Phi) is 8.57. The van der Waals surface area contributed by atoms with Gasteiger partial charge in [0, 0.05) is 37.6 Å². The lowest BCUT2D eigenvalue weighted by Gasteiger charge is -2.18. The van der Waals surface area contributed by atoms with Crippen LogP contribution in [-0.2, 0) is 9.53 Å². The summed E-state index contributed by atoms with van der Waals surface area (Å²) in [5, 5.41) is 10.7. The fourth-order valence-corrected chi connectivity index (χ4v) is 6.88. The van der Waals surface area contributed by atoms with Gasteiger partial charge in [-0.3, -0.25) is 3.97 Å². The number of rotatable bonds is 7. The highest BCUT2D eigenvalue weighted by Crippen LogP contribution is 2.46. The summed E-state index contributed by atoms with van der Waals surface area (Å²) in [7, 11) is 1.33. The van der Waals surface area contributed by atoms with Gasteiger partial charge in [0.25, 0.3) is 6.43 Å². The number of nitrogens with zero attached hydrogens (tertiary/aromatic N) is 2. The highest BCUT2D eigenvalue weighted by molar-refractivity contribution is 7.98. The second-order valence-electron chi connectivity index (χ2n) is 10.4. The molecule has 0 atom stereocenters. The summed E-state index contributed by atoms with van der Waals surface area (Å²) in [6.07, 6.45) is 0.0469. The smallest absolute Gasteiger partial charge is 0.333 e. The van der Waals surface area contributed by atoms with Crippen molar-refractivity contribution in [2.75, 3.05) is 7.11 Å². The average molecular weight is 641 g/mol. The van der Waals surface area contributed by atoms with Crippen LogP contribution in [0.25, 0.3) is 38.9 Å². The molecule has 0 unspecified atom stereocenters. The third kappa shape index (κ3) is 6.02. The molecule has 5 aromatic rings. The van der Waals surface area contributed by atoms with Crippen molar-refractivity contribution in [2.24, 2.45) is 0 Å². The molecular weight excluding hydrogens is 617 g/mol. The fourth-order valence-electron chi connectivity index (χ4n) is 5.53. The van der Waals surface area contributed by atoms with Crippen LogP contribution in [0.5, 0.6) is 0 Å². The molecule has 6 rings (SSSR count). The Morgan fingerprint density at radius 3 is 2.40 bits per heavy atom. The highest BCUT2D eigenvalue weighted by atomic mass is 35.5. The van der Waals surface area contributed by atoms with E-state index in [-0.39, 0.29) is 5.56 Å². The van der Waals surface area contributed by atoms with Gasteiger partial charge in [0.2, 0.25) is 0 Å². The minimum atomic E-state index is -2.59. The molecule has 1 aliphatic carbocycles. The van der Waals surface area contributed by atoms with E-state index in [1.54, 1.807) is 42.5 Å². The van der Waals surface area contributed by atoms with Crippen LogP contribution in [-0.4, -0.2) is 17.1 Å². The van der Waals surface area contributed by atoms with Gasteiger partial charge in [-0.25, -0.2) is 18.0 Å². The van der Waals surface area contributed by atoms with Gasteiger partial charge in [0.1, 0.15) is 5.82 Å². The van der Waals surface area contributed by atoms with Crippen LogP contribution in [0.15, 0.2) is 113 Å². The maximum atomic E-state index is 14.8. The van der Waals surface area contributed by atoms with E-state index >= 15 is 0 Å². The molecule has 0 saturated heterocycles. The SMILES string of the molecule is COC(=O)C1=CC(Cl)=C(c2cccc(-c3c(-c4cccc(C#N)c4)c4cc(F)ccc4n3Sc3ccc(C(F)F)cc3)c2)CC1. The number of ether oxygens (including phenoxy) is 1. The molecule has 0 amide bonds. The lowest BCUT2D eigenvalue weighted by atomic mass is 9.91. The molecular formula is C36H24ClF3N2O2S. The second-order valence-corrected chi connectivity index (χ2v) is 11.8. The van der Waals surface area contributed by atoms with Gasteiger partial charge in [-0.1, -0.05) is 54.1 Å². The molecule has 0 aliphatic heterocycles. The number of nitriles is 1. The van der Waals surface area contributed by atoms with Crippen LogP contribution in [0.4, 0.5) is 13.2 Å². The first kappa shape index (κ1) is 30.3. The first-order chi connectivity index (χ1) is 21.8. The molecule has 0 saturated carbocycles. The summed E-state index contributed by atoms with van der Waals surface area (Å²) in [5.41, 5.74) is 6.24. The van der Waals surface area contributed by atoms with E-state index in [1.165, 1.54) is 43.3 Å². The summed E-state index contributed by atoms with van der Waals surface area (Å²) < 4.78 is 48.3. The Hall–Kier alpha value is -4.71. The summed E-state index contributed by atoms with van der Waals surface area (Å²) in [5.74, 6) is -0.836. The molecule has 0 spiro atoms. The van der Waals surface area contributed by atoms with Crippen molar-refractivity contribution in [1.29, 1.82) is 5.26 Å². The van der Waals surface area contributed by atoms with E-state index < -0.39 is 18.2 Å². The average Bonchev–Trinajstić information content (AvgIpc) is 3.37. The van der Waals surface area contributed by atoms with Crippen molar-refractivity contribution in [3.05, 3.63) is 130 Å². The Morgan fingerprint density at radius 1 is 0.956 bits per heavy atom. The topological polar surface area (TPSA) is 55.0 Å². The van der Waals surface area contributed by atoms with Crippen molar-refractivity contribution < 1.29 is 22.7 Å². The Labute approximate surface area is 267 Å². The predicted octanol–water partition coefficient (Wildman–Crippen LogP) is 10.3. The van der Waals surface area contributed by atoms with Crippen LogP contribution in [0.3, 0.4) is 0 Å². The number of carbonyl (C=O) groups excluding carboxylic acids is 1. The Balaban J connectivity index is 1.59. The largest absolute Gasteiger partial charge is 0.466 e. The maximum absolute atomic E-state index is 14.8. The number of hydrogen-bond acceptors (Lipinski definition) is 4. The molecule has 1 heterocycles. The monoisotopic (exact) mass is 640 g/mol. The molecule has 4 aromatic carbocycles. The lowest BCUT2D eigenvalue weighted by molar-refractivity contribution is -0.136. The standard InChI is InChI=1S/C36H24ClF3N2O2S/c1-44-36(43)26-10-14-29(31(37)18-26)23-5-3-7-25(17-23)34-33(24-6-2-4-21(16-24)20-41)30-19-27(38)11-15-32(30)42(34)45-28-12-8-22(9-13-28)35(39)40/h2-9,11-13,15-19,35H,10,14H2,1H3. The quantitative estimate of drug-likeness (QED) is 0.166. The molecule has 4 nitrogen and oxygen atoms in total. The lowest BCUT2D eigenvalue weighted by Crippen LogP contribution is -2.08. The van der Waals surface area contributed by atoms with Crippen molar-refractivity contribution in [2.45, 2.75) is 24.2 Å². The fraction of sp³-hybridized carbons (Fsp3) is 0.111. The molecule has 1 aromatic heterocycles. The van der Waals surface area contributed by atoms with Crippen LogP contribution >= 0.6 is 23.5 Å². The van der Waals surface area contributed by atoms with E-state index in [0.29, 0.717) is 50.4 Å². The van der Waals surface area contributed by atoms with Crippen molar-refractivity contribution in [1.82, 2.24) is 3.97 Å². The number of aromatic nitrogens is 1. The number of methoxy groups -OCH3 is 1. The molecule has 0 N–H and O–H groups in total. The van der Waals surface area contributed by atoms with E-state index in [4.69, 9.17) is 16.3 Å². The molecule has 0 bridgehead atoms. The number of benzene rings is 4. The van der Waals surface area contributed by atoms with Gasteiger partial charge < -0.3 is 4.74 Å². The van der Waals surface area contributed by atoms with E-state index in [1.807, 2.05) is 34.3 Å². The van der Waals surface area contributed by atoms with Gasteiger partial charge >= 0.3 is 5.97 Å². The number of alkyl halides is 2. The summed E-state index contributed by atoms with van der Waals surface area (Å²) in [6.45, 7) is 0. The zero-order valence-corrected chi connectivity index (χ0v) is 25.4. The zero-order valence-electron chi connectivity index (χ0n) is 23.9. The van der Waals surface area contributed by atoms with Gasteiger partial charge in [0.15, 0.2) is 0 Å². The zero-order chi connectivity index (χ0) is 31.7. The normalized spacial score (nSPS) is 13.2. The van der Waals surface area contributed by atoms with Gasteiger partial charge in [-0.05, 0) is 96.1 Å². The third-order valence-corrected chi connectivity index (χ3v) is 9.04. The third-order valence-electron chi connectivity index (χ3n) is 7.66. The van der Waals surface area contributed by atoms with Gasteiger partial charge in [-0.15, -0.1) is 0 Å².